The molecule has 0 N–H and O–H groups in total. The van der Waals surface area contributed by atoms with Crippen molar-refractivity contribution in [1.82, 2.24) is 0 Å². The Morgan fingerprint density at radius 3 is 2.50 bits per heavy atom. The molecule has 1 heterocycles. The number of cyclic esters (lactones) is 1. The Labute approximate surface area is 190 Å². The van der Waals surface area contributed by atoms with Gasteiger partial charge in [-0.15, -0.1) is 0 Å². The molecular weight excluding hydrogens is 422 g/mol. The molecule has 0 bridgehead atoms. The number of hydrogen-bond donors (Lipinski definition) is 0. The number of fused-ring (bicyclic) bond motifs is 1. The summed E-state index contributed by atoms with van der Waals surface area (Å²) in [6.07, 6.45) is 1.68. The minimum Gasteiger partial charge on any atom is -0.488 e. The van der Waals surface area contributed by atoms with E-state index in [1.54, 1.807) is 30.3 Å². The normalized spacial score (nSPS) is 14.5. The second-order valence-corrected chi connectivity index (χ2v) is 7.74. The highest BCUT2D eigenvalue weighted by Gasteiger charge is 2.24. The van der Waals surface area contributed by atoms with Crippen LogP contribution in [-0.4, -0.2) is 11.9 Å². The number of ether oxygens (including phenoxy) is 2. The predicted octanol–water partition coefficient (Wildman–Crippen LogP) is 6.42. The Kier molecular flexibility index (Phi) is 5.44. The lowest BCUT2D eigenvalue weighted by molar-refractivity contribution is -0.129. The molecule has 5 heteroatoms. The predicted molar refractivity (Wildman–Crippen MR) is 127 cm³/mol. The summed E-state index contributed by atoms with van der Waals surface area (Å²) < 4.78 is 11.5. The lowest BCUT2D eigenvalue weighted by Gasteiger charge is -2.11. The van der Waals surface area contributed by atoms with Crippen molar-refractivity contribution in [3.8, 4) is 5.75 Å². The summed E-state index contributed by atoms with van der Waals surface area (Å²) in [5.74, 6) is 0.418. The topological polar surface area (TPSA) is 47.9 Å². The van der Waals surface area contributed by atoms with Crippen molar-refractivity contribution in [1.29, 1.82) is 0 Å². The van der Waals surface area contributed by atoms with Crippen molar-refractivity contribution < 1.29 is 14.3 Å². The zero-order valence-electron chi connectivity index (χ0n) is 17.0. The first-order valence-electron chi connectivity index (χ1n) is 10.1. The quantitative estimate of drug-likeness (QED) is 0.266. The van der Waals surface area contributed by atoms with Crippen LogP contribution in [0.2, 0.25) is 5.02 Å². The average Bonchev–Trinajstić information content (AvgIpc) is 3.19. The zero-order valence-corrected chi connectivity index (χ0v) is 17.8. The van der Waals surface area contributed by atoms with E-state index in [1.165, 1.54) is 5.39 Å². The van der Waals surface area contributed by atoms with Crippen LogP contribution in [0.3, 0.4) is 0 Å². The number of hydrogen-bond acceptors (Lipinski definition) is 4. The first-order valence-corrected chi connectivity index (χ1v) is 10.5. The van der Waals surface area contributed by atoms with Crippen molar-refractivity contribution in [2.24, 2.45) is 4.99 Å². The van der Waals surface area contributed by atoms with E-state index in [-0.39, 0.29) is 11.6 Å². The molecule has 1 aliphatic rings. The number of carbonyl (C=O) groups is 1. The molecule has 0 spiro atoms. The molecule has 4 nitrogen and oxygen atoms in total. The van der Waals surface area contributed by atoms with Crippen molar-refractivity contribution >= 4 is 40.3 Å². The molecule has 0 saturated carbocycles. The van der Waals surface area contributed by atoms with E-state index < -0.39 is 5.97 Å². The van der Waals surface area contributed by atoms with Crippen LogP contribution in [0.15, 0.2) is 102 Å². The highest BCUT2D eigenvalue weighted by Crippen LogP contribution is 2.27. The van der Waals surface area contributed by atoms with Gasteiger partial charge < -0.3 is 9.47 Å². The molecule has 0 amide bonds. The summed E-state index contributed by atoms with van der Waals surface area (Å²) in [5, 5.41) is 2.93. The molecular formula is C27H18ClNO3. The highest BCUT2D eigenvalue weighted by molar-refractivity contribution is 6.30. The molecule has 32 heavy (non-hydrogen) atoms. The van der Waals surface area contributed by atoms with Crippen LogP contribution in [0.25, 0.3) is 16.8 Å². The van der Waals surface area contributed by atoms with E-state index in [9.17, 15) is 4.79 Å². The maximum atomic E-state index is 12.4. The smallest absolute Gasteiger partial charge is 0.363 e. The lowest BCUT2D eigenvalue weighted by Crippen LogP contribution is -2.05. The van der Waals surface area contributed by atoms with E-state index in [2.05, 4.69) is 29.3 Å². The summed E-state index contributed by atoms with van der Waals surface area (Å²) in [5.41, 5.74) is 2.75. The van der Waals surface area contributed by atoms with Crippen molar-refractivity contribution in [3.63, 3.8) is 0 Å². The molecule has 5 rings (SSSR count). The van der Waals surface area contributed by atoms with E-state index in [0.29, 0.717) is 22.9 Å². The molecule has 0 saturated heterocycles. The molecule has 0 unspecified atom stereocenters. The fourth-order valence-corrected chi connectivity index (χ4v) is 3.70. The van der Waals surface area contributed by atoms with Crippen LogP contribution < -0.4 is 4.74 Å². The van der Waals surface area contributed by atoms with Gasteiger partial charge in [0.15, 0.2) is 5.70 Å². The fourth-order valence-electron chi connectivity index (χ4n) is 3.58. The Morgan fingerprint density at radius 2 is 1.62 bits per heavy atom. The number of halogens is 1. The number of aliphatic imine (C=N–C) groups is 1. The van der Waals surface area contributed by atoms with Gasteiger partial charge in [0, 0.05) is 16.1 Å². The third-order valence-electron chi connectivity index (χ3n) is 5.19. The van der Waals surface area contributed by atoms with Gasteiger partial charge in [-0.1, -0.05) is 72.3 Å². The van der Waals surface area contributed by atoms with Crippen LogP contribution in [0, 0.1) is 0 Å². The zero-order chi connectivity index (χ0) is 21.9. The third-order valence-corrected chi connectivity index (χ3v) is 5.44. The molecule has 1 aliphatic heterocycles. The Hall–Kier alpha value is -3.89. The van der Waals surface area contributed by atoms with Gasteiger partial charge in [0.05, 0.1) is 0 Å². The summed E-state index contributed by atoms with van der Waals surface area (Å²) in [7, 11) is 0. The minimum absolute atomic E-state index is 0.219. The van der Waals surface area contributed by atoms with Gasteiger partial charge >= 0.3 is 5.97 Å². The minimum atomic E-state index is -0.501. The number of carbonyl (C=O) groups excluding carboxylic acids is 1. The van der Waals surface area contributed by atoms with Crippen LogP contribution in [-0.2, 0) is 16.1 Å². The van der Waals surface area contributed by atoms with Crippen LogP contribution in [0.5, 0.6) is 5.75 Å². The molecule has 0 fully saturated rings. The number of rotatable bonds is 5. The SMILES string of the molecule is O=C1OC(c2ccc(Cl)cc2)=N/C1=C/c1ccccc1OCc1cccc2ccccc12. The van der Waals surface area contributed by atoms with Crippen LogP contribution in [0.4, 0.5) is 0 Å². The van der Waals surface area contributed by atoms with E-state index in [1.807, 2.05) is 42.5 Å². The number of benzene rings is 4. The Morgan fingerprint density at radius 1 is 0.875 bits per heavy atom. The number of para-hydroxylation sites is 1. The molecule has 0 aliphatic carbocycles. The van der Waals surface area contributed by atoms with Gasteiger partial charge in [0.1, 0.15) is 12.4 Å². The first-order chi connectivity index (χ1) is 15.7. The maximum Gasteiger partial charge on any atom is 0.363 e. The van der Waals surface area contributed by atoms with Gasteiger partial charge in [-0.25, -0.2) is 9.79 Å². The standard InChI is InChI=1S/C27H18ClNO3/c28-22-14-12-19(13-15-22)26-29-24(27(30)32-26)16-20-7-2-4-11-25(20)31-17-21-9-5-8-18-6-1-3-10-23(18)21/h1-16H,17H2/b24-16+. The molecule has 4 aromatic rings. The van der Waals surface area contributed by atoms with Crippen molar-refractivity contribution in [2.45, 2.75) is 6.61 Å². The Bertz CT molecular complexity index is 1370. The summed E-state index contributed by atoms with van der Waals surface area (Å²) in [6, 6.07) is 28.9. The van der Waals surface area contributed by atoms with E-state index >= 15 is 0 Å². The first kappa shape index (κ1) is 20.0. The molecule has 0 atom stereocenters. The summed E-state index contributed by atoms with van der Waals surface area (Å²) in [6.45, 7) is 0.408. The van der Waals surface area contributed by atoms with E-state index in [0.717, 1.165) is 16.5 Å². The Balaban J connectivity index is 1.41. The average molecular weight is 440 g/mol. The molecule has 156 valence electrons. The van der Waals surface area contributed by atoms with Gasteiger partial charge in [-0.05, 0) is 52.7 Å². The summed E-state index contributed by atoms with van der Waals surface area (Å²) in [4.78, 5) is 16.8. The number of nitrogens with zero attached hydrogens (tertiary/aromatic N) is 1. The van der Waals surface area contributed by atoms with Gasteiger partial charge in [-0.2, -0.15) is 0 Å². The van der Waals surface area contributed by atoms with Crippen molar-refractivity contribution in [3.05, 3.63) is 118 Å². The molecule has 4 aromatic carbocycles. The largest absolute Gasteiger partial charge is 0.488 e. The number of esters is 1. The molecule has 0 radical (unpaired) electrons. The second kappa shape index (κ2) is 8.69. The lowest BCUT2D eigenvalue weighted by atomic mass is 10.1. The second-order valence-electron chi connectivity index (χ2n) is 7.31. The fraction of sp³-hybridized carbons (Fsp3) is 0.0370. The van der Waals surface area contributed by atoms with Gasteiger partial charge in [-0.3, -0.25) is 0 Å². The van der Waals surface area contributed by atoms with Gasteiger partial charge in [0.25, 0.3) is 0 Å². The maximum absolute atomic E-state index is 12.4. The summed E-state index contributed by atoms with van der Waals surface area (Å²) >= 11 is 5.93. The van der Waals surface area contributed by atoms with Crippen LogP contribution >= 0.6 is 11.6 Å². The highest BCUT2D eigenvalue weighted by atomic mass is 35.5. The third kappa shape index (κ3) is 4.13. The van der Waals surface area contributed by atoms with E-state index in [4.69, 9.17) is 21.1 Å². The van der Waals surface area contributed by atoms with Crippen molar-refractivity contribution in [2.75, 3.05) is 0 Å². The van der Waals surface area contributed by atoms with Gasteiger partial charge in [0.2, 0.25) is 5.90 Å². The monoisotopic (exact) mass is 439 g/mol. The molecule has 0 aromatic heterocycles. The van der Waals surface area contributed by atoms with Crippen LogP contribution in [0.1, 0.15) is 16.7 Å².